The van der Waals surface area contributed by atoms with E-state index in [1.165, 1.54) is 0 Å². The summed E-state index contributed by atoms with van der Waals surface area (Å²) in [6.45, 7) is 3.64. The zero-order chi connectivity index (χ0) is 13.4. The minimum absolute atomic E-state index is 0.0496. The predicted molar refractivity (Wildman–Crippen MR) is 66.9 cm³/mol. The maximum Gasteiger partial charge on any atom is 0.309 e. The monoisotopic (exact) mass is 257 g/mol. The highest BCUT2D eigenvalue weighted by Gasteiger charge is 2.27. The molecule has 1 aliphatic rings. The molecule has 0 spiro atoms. The Hall–Kier alpha value is -1.10. The number of aliphatic hydroxyl groups is 1. The lowest BCUT2D eigenvalue weighted by molar-refractivity contribution is -0.151. The van der Waals surface area contributed by atoms with E-state index in [2.05, 4.69) is 0 Å². The molecule has 1 aliphatic heterocycles. The van der Waals surface area contributed by atoms with Crippen LogP contribution in [0.3, 0.4) is 0 Å². The van der Waals surface area contributed by atoms with Crippen LogP contribution in [-0.2, 0) is 14.3 Å². The third kappa shape index (κ3) is 4.64. The van der Waals surface area contributed by atoms with Crippen LogP contribution in [0.1, 0.15) is 39.0 Å². The van der Waals surface area contributed by atoms with Crippen molar-refractivity contribution < 1.29 is 19.4 Å². The van der Waals surface area contributed by atoms with Crippen LogP contribution < -0.4 is 0 Å². The fourth-order valence-electron chi connectivity index (χ4n) is 2.17. The number of hydrogen-bond acceptors (Lipinski definition) is 4. The quantitative estimate of drug-likeness (QED) is 0.568. The SMILES string of the molecule is CCOC(=O)C1CCN(C(=O)CCCCO)CC1. The number of unbranched alkanes of at least 4 members (excludes halogenated alkanes) is 1. The fourth-order valence-corrected chi connectivity index (χ4v) is 2.17. The van der Waals surface area contributed by atoms with E-state index in [4.69, 9.17) is 9.84 Å². The van der Waals surface area contributed by atoms with Gasteiger partial charge in [-0.05, 0) is 32.6 Å². The Labute approximate surface area is 108 Å². The van der Waals surface area contributed by atoms with Crippen molar-refractivity contribution in [3.8, 4) is 0 Å². The van der Waals surface area contributed by atoms with Gasteiger partial charge in [0.05, 0.1) is 12.5 Å². The third-order valence-corrected chi connectivity index (χ3v) is 3.27. The van der Waals surface area contributed by atoms with Crippen molar-refractivity contribution >= 4 is 11.9 Å². The van der Waals surface area contributed by atoms with E-state index in [1.807, 2.05) is 4.90 Å². The maximum atomic E-state index is 11.8. The highest BCUT2D eigenvalue weighted by Crippen LogP contribution is 2.19. The van der Waals surface area contributed by atoms with Gasteiger partial charge in [-0.1, -0.05) is 0 Å². The van der Waals surface area contributed by atoms with Gasteiger partial charge in [0.2, 0.25) is 5.91 Å². The summed E-state index contributed by atoms with van der Waals surface area (Å²) in [4.78, 5) is 25.1. The summed E-state index contributed by atoms with van der Waals surface area (Å²) in [5.41, 5.74) is 0. The van der Waals surface area contributed by atoms with Crippen molar-refractivity contribution in [1.29, 1.82) is 0 Å². The molecule has 5 heteroatoms. The van der Waals surface area contributed by atoms with E-state index in [1.54, 1.807) is 6.92 Å². The number of hydrogen-bond donors (Lipinski definition) is 1. The van der Waals surface area contributed by atoms with E-state index >= 15 is 0 Å². The van der Waals surface area contributed by atoms with Gasteiger partial charge in [-0.25, -0.2) is 0 Å². The predicted octanol–water partition coefficient (Wildman–Crippen LogP) is 0.951. The Morgan fingerprint density at radius 2 is 1.94 bits per heavy atom. The highest BCUT2D eigenvalue weighted by molar-refractivity contribution is 5.77. The van der Waals surface area contributed by atoms with Crippen LogP contribution in [0.15, 0.2) is 0 Å². The number of amides is 1. The van der Waals surface area contributed by atoms with E-state index in [0.717, 1.165) is 6.42 Å². The molecule has 1 heterocycles. The van der Waals surface area contributed by atoms with Gasteiger partial charge in [0.15, 0.2) is 0 Å². The molecule has 1 rings (SSSR count). The molecule has 0 aliphatic carbocycles. The summed E-state index contributed by atoms with van der Waals surface area (Å²) in [6.07, 6.45) is 3.29. The van der Waals surface area contributed by atoms with Crippen molar-refractivity contribution in [3.05, 3.63) is 0 Å². The third-order valence-electron chi connectivity index (χ3n) is 3.27. The number of carbonyl (C=O) groups is 2. The molecule has 1 fully saturated rings. The molecule has 0 saturated carbocycles. The van der Waals surface area contributed by atoms with Crippen molar-refractivity contribution in [3.63, 3.8) is 0 Å². The molecule has 0 radical (unpaired) electrons. The number of nitrogens with zero attached hydrogens (tertiary/aromatic N) is 1. The van der Waals surface area contributed by atoms with E-state index < -0.39 is 0 Å². The van der Waals surface area contributed by atoms with Gasteiger partial charge in [0.1, 0.15) is 0 Å². The first-order valence-corrected chi connectivity index (χ1v) is 6.74. The molecule has 1 saturated heterocycles. The van der Waals surface area contributed by atoms with E-state index in [-0.39, 0.29) is 24.4 Å². The first-order chi connectivity index (χ1) is 8.69. The highest BCUT2D eigenvalue weighted by atomic mass is 16.5. The molecule has 1 N–H and O–H groups in total. The fraction of sp³-hybridized carbons (Fsp3) is 0.846. The van der Waals surface area contributed by atoms with Gasteiger partial charge in [-0.2, -0.15) is 0 Å². The number of aliphatic hydroxyl groups excluding tert-OH is 1. The lowest BCUT2D eigenvalue weighted by Gasteiger charge is -2.31. The molecule has 1 amide bonds. The Kier molecular flexibility index (Phi) is 6.72. The van der Waals surface area contributed by atoms with Gasteiger partial charge >= 0.3 is 5.97 Å². The van der Waals surface area contributed by atoms with Gasteiger partial charge in [-0.3, -0.25) is 9.59 Å². The standard InChI is InChI=1S/C13H23NO4/c1-2-18-13(17)11-6-8-14(9-7-11)12(16)5-3-4-10-15/h11,15H,2-10H2,1H3. The Balaban J connectivity index is 2.26. The number of carbonyl (C=O) groups excluding carboxylic acids is 2. The minimum atomic E-state index is -0.134. The molecule has 0 aromatic rings. The van der Waals surface area contributed by atoms with Gasteiger partial charge in [0, 0.05) is 26.1 Å². The molecular formula is C13H23NO4. The van der Waals surface area contributed by atoms with Crippen LogP contribution in [0, 0.1) is 5.92 Å². The summed E-state index contributed by atoms with van der Waals surface area (Å²) in [7, 11) is 0. The number of ether oxygens (including phenoxy) is 1. The molecule has 0 atom stereocenters. The number of esters is 1. The molecule has 0 unspecified atom stereocenters. The van der Waals surface area contributed by atoms with E-state index in [9.17, 15) is 9.59 Å². The van der Waals surface area contributed by atoms with Crippen LogP contribution in [0.4, 0.5) is 0 Å². The van der Waals surface area contributed by atoms with Crippen LogP contribution in [0.2, 0.25) is 0 Å². The molecular weight excluding hydrogens is 234 g/mol. The van der Waals surface area contributed by atoms with Gasteiger partial charge in [-0.15, -0.1) is 0 Å². The summed E-state index contributed by atoms with van der Waals surface area (Å²) in [5, 5.41) is 8.66. The lowest BCUT2D eigenvalue weighted by atomic mass is 9.96. The Morgan fingerprint density at radius 1 is 1.28 bits per heavy atom. The zero-order valence-electron chi connectivity index (χ0n) is 11.1. The zero-order valence-corrected chi connectivity index (χ0v) is 11.1. The average molecular weight is 257 g/mol. The average Bonchev–Trinajstić information content (AvgIpc) is 2.39. The normalized spacial score (nSPS) is 16.7. The van der Waals surface area contributed by atoms with Gasteiger partial charge < -0.3 is 14.7 Å². The van der Waals surface area contributed by atoms with Crippen molar-refractivity contribution in [2.75, 3.05) is 26.3 Å². The number of rotatable bonds is 6. The van der Waals surface area contributed by atoms with Crippen LogP contribution in [-0.4, -0.2) is 48.2 Å². The second-order valence-corrected chi connectivity index (χ2v) is 4.59. The molecule has 0 bridgehead atoms. The van der Waals surface area contributed by atoms with Crippen LogP contribution >= 0.6 is 0 Å². The minimum Gasteiger partial charge on any atom is -0.466 e. The number of piperidine rings is 1. The van der Waals surface area contributed by atoms with Crippen molar-refractivity contribution in [1.82, 2.24) is 4.90 Å². The molecule has 0 aromatic carbocycles. The summed E-state index contributed by atoms with van der Waals surface area (Å²) in [6, 6.07) is 0. The Morgan fingerprint density at radius 3 is 2.50 bits per heavy atom. The van der Waals surface area contributed by atoms with Crippen LogP contribution in [0.25, 0.3) is 0 Å². The smallest absolute Gasteiger partial charge is 0.309 e. The summed E-state index contributed by atoms with van der Waals surface area (Å²) >= 11 is 0. The van der Waals surface area contributed by atoms with E-state index in [0.29, 0.717) is 45.4 Å². The summed E-state index contributed by atoms with van der Waals surface area (Å²) < 4.78 is 4.99. The first kappa shape index (κ1) is 15.0. The molecule has 104 valence electrons. The topological polar surface area (TPSA) is 66.8 Å². The lowest BCUT2D eigenvalue weighted by Crippen LogP contribution is -2.40. The second kappa shape index (κ2) is 8.08. The first-order valence-electron chi connectivity index (χ1n) is 6.74. The summed E-state index contributed by atoms with van der Waals surface area (Å²) in [5.74, 6) is -0.0536. The Bertz CT molecular complexity index is 272. The van der Waals surface area contributed by atoms with Crippen molar-refractivity contribution in [2.45, 2.75) is 39.0 Å². The largest absolute Gasteiger partial charge is 0.466 e. The number of likely N-dealkylation sites (tertiary alicyclic amines) is 1. The van der Waals surface area contributed by atoms with Crippen molar-refractivity contribution in [2.24, 2.45) is 5.92 Å². The molecule has 18 heavy (non-hydrogen) atoms. The van der Waals surface area contributed by atoms with Crippen LogP contribution in [0.5, 0.6) is 0 Å². The second-order valence-electron chi connectivity index (χ2n) is 4.59. The molecule has 5 nitrogen and oxygen atoms in total. The molecule has 0 aromatic heterocycles. The van der Waals surface area contributed by atoms with Gasteiger partial charge in [0.25, 0.3) is 0 Å². The maximum absolute atomic E-state index is 11.8.